The van der Waals surface area contributed by atoms with Crippen LogP contribution in [-0.4, -0.2) is 27.3 Å². The van der Waals surface area contributed by atoms with Gasteiger partial charge in [0.1, 0.15) is 5.75 Å². The van der Waals surface area contributed by atoms with E-state index in [0.717, 1.165) is 11.1 Å². The molecule has 8 nitrogen and oxygen atoms in total. The number of hydrogen-bond donors (Lipinski definition) is 2. The minimum atomic E-state index is -3.72. The fourth-order valence-electron chi connectivity index (χ4n) is 3.15. The Labute approximate surface area is 196 Å². The van der Waals surface area contributed by atoms with E-state index < -0.39 is 15.9 Å². The molecule has 0 aliphatic carbocycles. The van der Waals surface area contributed by atoms with Crippen molar-refractivity contribution in [2.45, 2.75) is 18.4 Å². The van der Waals surface area contributed by atoms with Crippen molar-refractivity contribution in [2.75, 3.05) is 11.5 Å². The molecule has 4 rings (SSSR count). The average molecular weight is 486 g/mol. The predicted molar refractivity (Wildman–Crippen MR) is 125 cm³/mol. The number of hydrogen-bond acceptors (Lipinski definition) is 6. The van der Waals surface area contributed by atoms with Gasteiger partial charge in [-0.15, -0.1) is 0 Å². The van der Waals surface area contributed by atoms with E-state index in [1.165, 1.54) is 42.6 Å². The molecule has 2 N–H and O–H groups in total. The van der Waals surface area contributed by atoms with Crippen LogP contribution in [0.25, 0.3) is 0 Å². The summed E-state index contributed by atoms with van der Waals surface area (Å²) in [4.78, 5) is 12.6. The predicted octanol–water partition coefficient (Wildman–Crippen LogP) is 4.08. The number of sulfonamides is 1. The molecular weight excluding hydrogens is 466 g/mol. The zero-order chi connectivity index (χ0) is 23.4. The lowest BCUT2D eigenvalue weighted by Crippen LogP contribution is -2.18. The first-order chi connectivity index (χ1) is 15.8. The van der Waals surface area contributed by atoms with Crippen LogP contribution < -0.4 is 14.9 Å². The highest BCUT2D eigenvalue weighted by Gasteiger charge is 2.16. The molecule has 3 aromatic rings. The molecular formula is C23H20ClN3O5S. The van der Waals surface area contributed by atoms with Crippen molar-refractivity contribution in [2.24, 2.45) is 5.10 Å². The Morgan fingerprint density at radius 2 is 1.82 bits per heavy atom. The van der Waals surface area contributed by atoms with Crippen molar-refractivity contribution in [1.82, 2.24) is 5.43 Å². The lowest BCUT2D eigenvalue weighted by Gasteiger charge is -2.19. The Kier molecular flexibility index (Phi) is 6.64. The number of amides is 1. The summed E-state index contributed by atoms with van der Waals surface area (Å²) in [5, 5.41) is 4.48. The SMILES string of the molecule is Cc1ccc(S(=O)(=O)Nc2ccc(C(=O)N/N=C\c3cc(Cl)cc4c3OCOC4)cc2)cc1. The van der Waals surface area contributed by atoms with Crippen LogP contribution in [0, 0.1) is 6.92 Å². The van der Waals surface area contributed by atoms with E-state index in [1.807, 2.05) is 6.92 Å². The third-order valence-corrected chi connectivity index (χ3v) is 6.42. The van der Waals surface area contributed by atoms with Gasteiger partial charge in [-0.05, 0) is 55.5 Å². The molecule has 0 unspecified atom stereocenters. The van der Waals surface area contributed by atoms with Crippen molar-refractivity contribution in [1.29, 1.82) is 0 Å². The van der Waals surface area contributed by atoms with Gasteiger partial charge in [-0.1, -0.05) is 29.3 Å². The van der Waals surface area contributed by atoms with E-state index in [2.05, 4.69) is 15.2 Å². The lowest BCUT2D eigenvalue weighted by molar-refractivity contribution is -0.0164. The maximum Gasteiger partial charge on any atom is 0.271 e. The van der Waals surface area contributed by atoms with Crippen LogP contribution in [0.2, 0.25) is 5.02 Å². The summed E-state index contributed by atoms with van der Waals surface area (Å²) in [6.07, 6.45) is 1.44. The number of anilines is 1. The molecule has 1 heterocycles. The van der Waals surface area contributed by atoms with Gasteiger partial charge in [0, 0.05) is 27.4 Å². The molecule has 0 saturated heterocycles. The monoisotopic (exact) mass is 485 g/mol. The summed E-state index contributed by atoms with van der Waals surface area (Å²) in [6.45, 7) is 2.38. The Hall–Kier alpha value is -3.40. The molecule has 0 aromatic heterocycles. The smallest absolute Gasteiger partial charge is 0.271 e. The molecule has 10 heteroatoms. The van der Waals surface area contributed by atoms with Crippen molar-refractivity contribution >= 4 is 39.4 Å². The second-order valence-electron chi connectivity index (χ2n) is 7.29. The summed E-state index contributed by atoms with van der Waals surface area (Å²) >= 11 is 6.12. The number of halogens is 1. The van der Waals surface area contributed by atoms with Crippen LogP contribution in [0.5, 0.6) is 5.75 Å². The van der Waals surface area contributed by atoms with Gasteiger partial charge in [-0.2, -0.15) is 5.10 Å². The number of rotatable bonds is 6. The van der Waals surface area contributed by atoms with Crippen LogP contribution in [-0.2, 0) is 21.4 Å². The van der Waals surface area contributed by atoms with Gasteiger partial charge in [-0.25, -0.2) is 13.8 Å². The molecule has 1 aliphatic heterocycles. The molecule has 0 saturated carbocycles. The molecule has 0 spiro atoms. The van der Waals surface area contributed by atoms with E-state index in [1.54, 1.807) is 24.3 Å². The van der Waals surface area contributed by atoms with Crippen molar-refractivity contribution in [3.8, 4) is 5.75 Å². The Morgan fingerprint density at radius 3 is 2.55 bits per heavy atom. The largest absolute Gasteiger partial charge is 0.466 e. The van der Waals surface area contributed by atoms with Gasteiger partial charge in [0.05, 0.1) is 17.7 Å². The quantitative estimate of drug-likeness (QED) is 0.404. The average Bonchev–Trinajstić information content (AvgIpc) is 2.79. The number of carbonyl (C=O) groups excluding carboxylic acids is 1. The highest BCUT2D eigenvalue weighted by atomic mass is 35.5. The number of nitrogens with zero attached hydrogens (tertiary/aromatic N) is 1. The van der Waals surface area contributed by atoms with Crippen molar-refractivity contribution < 1.29 is 22.7 Å². The van der Waals surface area contributed by atoms with Crippen molar-refractivity contribution in [3.63, 3.8) is 0 Å². The number of nitrogens with one attached hydrogen (secondary N) is 2. The molecule has 1 aliphatic rings. The van der Waals surface area contributed by atoms with E-state index in [-0.39, 0.29) is 11.7 Å². The number of hydrazone groups is 1. The van der Waals surface area contributed by atoms with Crippen LogP contribution in [0.15, 0.2) is 70.7 Å². The van der Waals surface area contributed by atoms with Crippen LogP contribution in [0.3, 0.4) is 0 Å². The maximum absolute atomic E-state index is 12.5. The summed E-state index contributed by atoms with van der Waals surface area (Å²) in [7, 11) is -3.72. The maximum atomic E-state index is 12.5. The summed E-state index contributed by atoms with van der Waals surface area (Å²) in [5.74, 6) is 0.146. The molecule has 0 fully saturated rings. The van der Waals surface area contributed by atoms with E-state index in [4.69, 9.17) is 21.1 Å². The second-order valence-corrected chi connectivity index (χ2v) is 9.41. The summed E-state index contributed by atoms with van der Waals surface area (Å²) in [6, 6.07) is 16.0. The zero-order valence-corrected chi connectivity index (χ0v) is 19.1. The topological polar surface area (TPSA) is 106 Å². The first-order valence-corrected chi connectivity index (χ1v) is 11.7. The Bertz CT molecular complexity index is 1310. The van der Waals surface area contributed by atoms with Crippen LogP contribution in [0.4, 0.5) is 5.69 Å². The molecule has 33 heavy (non-hydrogen) atoms. The number of carbonyl (C=O) groups is 1. The standard InChI is InChI=1S/C23H20ClN3O5S/c1-15-2-8-21(9-3-15)33(29,30)27-20-6-4-16(5-7-20)23(28)26-25-12-17-10-19(24)11-18-13-31-14-32-22(17)18/h2-12,27H,13-14H2,1H3,(H,26,28)/b25-12-. The van der Waals surface area contributed by atoms with E-state index in [9.17, 15) is 13.2 Å². The second kappa shape index (κ2) is 9.62. The Balaban J connectivity index is 1.41. The molecule has 0 radical (unpaired) electrons. The number of aryl methyl sites for hydroxylation is 1. The van der Waals surface area contributed by atoms with Gasteiger partial charge in [0.2, 0.25) is 0 Å². The molecule has 0 atom stereocenters. The third kappa shape index (κ3) is 5.51. The Morgan fingerprint density at radius 1 is 1.09 bits per heavy atom. The zero-order valence-electron chi connectivity index (χ0n) is 17.5. The minimum absolute atomic E-state index is 0.127. The normalized spacial score (nSPS) is 13.3. The van der Waals surface area contributed by atoms with Crippen LogP contribution >= 0.6 is 11.6 Å². The van der Waals surface area contributed by atoms with Gasteiger partial charge >= 0.3 is 0 Å². The summed E-state index contributed by atoms with van der Waals surface area (Å²) in [5.41, 5.74) is 5.45. The molecule has 3 aromatic carbocycles. The third-order valence-electron chi connectivity index (χ3n) is 4.80. The molecule has 0 bridgehead atoms. The number of fused-ring (bicyclic) bond motifs is 1. The van der Waals surface area contributed by atoms with Crippen molar-refractivity contribution in [3.05, 3.63) is 87.9 Å². The molecule has 1 amide bonds. The fraction of sp³-hybridized carbons (Fsp3) is 0.130. The first kappa shape index (κ1) is 22.8. The van der Waals surface area contributed by atoms with Gasteiger partial charge in [0.15, 0.2) is 6.79 Å². The van der Waals surface area contributed by atoms with Gasteiger partial charge in [0.25, 0.3) is 15.9 Å². The molecule has 170 valence electrons. The minimum Gasteiger partial charge on any atom is -0.466 e. The highest BCUT2D eigenvalue weighted by Crippen LogP contribution is 2.30. The lowest BCUT2D eigenvalue weighted by atomic mass is 10.1. The number of ether oxygens (including phenoxy) is 2. The van der Waals surface area contributed by atoms with E-state index >= 15 is 0 Å². The van der Waals surface area contributed by atoms with Crippen LogP contribution in [0.1, 0.15) is 27.0 Å². The number of benzene rings is 3. The highest BCUT2D eigenvalue weighted by molar-refractivity contribution is 7.92. The van der Waals surface area contributed by atoms with Gasteiger partial charge in [-0.3, -0.25) is 9.52 Å². The van der Waals surface area contributed by atoms with E-state index in [0.29, 0.717) is 34.2 Å². The summed E-state index contributed by atoms with van der Waals surface area (Å²) < 4.78 is 38.2. The van der Waals surface area contributed by atoms with Gasteiger partial charge < -0.3 is 9.47 Å². The fourth-order valence-corrected chi connectivity index (χ4v) is 4.46. The first-order valence-electron chi connectivity index (χ1n) is 9.88.